The molecule has 0 bridgehead atoms. The molecular formula is C17H21BrFN5O2. The molecule has 140 valence electrons. The molecule has 0 spiro atoms. The zero-order valence-electron chi connectivity index (χ0n) is 14.4. The molecule has 1 amide bonds. The van der Waals surface area contributed by atoms with E-state index in [0.29, 0.717) is 48.0 Å². The van der Waals surface area contributed by atoms with Crippen molar-refractivity contribution >= 4 is 39.3 Å². The third-order valence-electron chi connectivity index (χ3n) is 3.33. The first kappa shape index (κ1) is 20.1. The van der Waals surface area contributed by atoms with Gasteiger partial charge in [-0.3, -0.25) is 4.79 Å². The summed E-state index contributed by atoms with van der Waals surface area (Å²) in [7, 11) is 1.56. The van der Waals surface area contributed by atoms with Crippen LogP contribution in [0.4, 0.5) is 21.8 Å². The van der Waals surface area contributed by atoms with Crippen molar-refractivity contribution in [2.75, 3.05) is 37.4 Å². The number of rotatable bonds is 10. The van der Waals surface area contributed by atoms with Crippen LogP contribution in [0, 0.1) is 5.82 Å². The lowest BCUT2D eigenvalue weighted by Gasteiger charge is -2.10. The van der Waals surface area contributed by atoms with Crippen molar-refractivity contribution in [3.8, 4) is 0 Å². The Bertz CT molecular complexity index is 732. The van der Waals surface area contributed by atoms with E-state index in [9.17, 15) is 9.18 Å². The molecule has 0 radical (unpaired) electrons. The highest BCUT2D eigenvalue weighted by molar-refractivity contribution is 9.10. The summed E-state index contributed by atoms with van der Waals surface area (Å²) in [5.74, 6) is 0.605. The molecule has 9 heteroatoms. The van der Waals surface area contributed by atoms with Crippen LogP contribution in [0.25, 0.3) is 0 Å². The molecule has 0 aliphatic heterocycles. The molecule has 0 saturated heterocycles. The van der Waals surface area contributed by atoms with E-state index < -0.39 is 0 Å². The summed E-state index contributed by atoms with van der Waals surface area (Å²) >= 11 is 3.39. The van der Waals surface area contributed by atoms with Crippen LogP contribution in [-0.4, -0.2) is 42.7 Å². The molecule has 26 heavy (non-hydrogen) atoms. The second-order valence-corrected chi connectivity index (χ2v) is 6.25. The Labute approximate surface area is 159 Å². The first-order valence-corrected chi connectivity index (χ1v) is 8.92. The maximum atomic E-state index is 13.2. The predicted octanol–water partition coefficient (Wildman–Crippen LogP) is 3.08. The van der Waals surface area contributed by atoms with Crippen LogP contribution in [-0.2, 0) is 9.53 Å². The number of nitrogens with zero attached hydrogens (tertiary/aromatic N) is 2. The summed E-state index contributed by atoms with van der Waals surface area (Å²) in [6.45, 7) is 1.60. The number of ether oxygens (including phenoxy) is 1. The van der Waals surface area contributed by atoms with E-state index in [1.54, 1.807) is 25.4 Å². The topological polar surface area (TPSA) is 88.2 Å². The van der Waals surface area contributed by atoms with Crippen LogP contribution in [0.3, 0.4) is 0 Å². The largest absolute Gasteiger partial charge is 0.384 e. The minimum Gasteiger partial charge on any atom is -0.384 e. The van der Waals surface area contributed by atoms with Gasteiger partial charge in [0.1, 0.15) is 11.6 Å². The maximum Gasteiger partial charge on any atom is 0.229 e. The van der Waals surface area contributed by atoms with E-state index in [1.807, 2.05) is 0 Å². The average molecular weight is 426 g/mol. The van der Waals surface area contributed by atoms with Gasteiger partial charge in [-0.1, -0.05) is 6.07 Å². The number of methoxy groups -OCH3 is 1. The van der Waals surface area contributed by atoms with Crippen LogP contribution in [0.1, 0.15) is 12.8 Å². The van der Waals surface area contributed by atoms with E-state index in [-0.39, 0.29) is 11.7 Å². The van der Waals surface area contributed by atoms with Gasteiger partial charge in [0.05, 0.1) is 11.1 Å². The summed E-state index contributed by atoms with van der Waals surface area (Å²) in [5, 5.41) is 8.95. The van der Waals surface area contributed by atoms with Crippen molar-refractivity contribution in [2.24, 2.45) is 0 Å². The lowest BCUT2D eigenvalue weighted by atomic mass is 10.3. The monoisotopic (exact) mass is 425 g/mol. The van der Waals surface area contributed by atoms with Gasteiger partial charge in [-0.15, -0.1) is 0 Å². The van der Waals surface area contributed by atoms with E-state index in [1.165, 1.54) is 12.1 Å². The first-order chi connectivity index (χ1) is 12.6. The molecule has 1 heterocycles. The number of hydrogen-bond acceptors (Lipinski definition) is 6. The van der Waals surface area contributed by atoms with Gasteiger partial charge >= 0.3 is 0 Å². The summed E-state index contributed by atoms with van der Waals surface area (Å²) in [6, 6.07) is 6.07. The van der Waals surface area contributed by atoms with Crippen LogP contribution >= 0.6 is 15.9 Å². The standard InChI is InChI=1S/C17H21BrFN5O2/c1-26-9-6-15(25)20-7-3-8-21-16-14(18)11-22-17(24-16)23-13-5-2-4-12(19)10-13/h2,4-5,10-11H,3,6-9H2,1H3,(H,20,25)(H2,21,22,23,24). The lowest BCUT2D eigenvalue weighted by Crippen LogP contribution is -2.26. The summed E-state index contributed by atoms with van der Waals surface area (Å²) in [6.07, 6.45) is 2.71. The Kier molecular flexibility index (Phi) is 8.23. The van der Waals surface area contributed by atoms with E-state index in [0.717, 1.165) is 6.42 Å². The average Bonchev–Trinajstić information content (AvgIpc) is 2.62. The first-order valence-electron chi connectivity index (χ1n) is 8.13. The molecule has 1 aromatic carbocycles. The van der Waals surface area contributed by atoms with Crippen LogP contribution < -0.4 is 16.0 Å². The zero-order valence-corrected chi connectivity index (χ0v) is 16.0. The van der Waals surface area contributed by atoms with Crippen molar-refractivity contribution < 1.29 is 13.9 Å². The van der Waals surface area contributed by atoms with Crippen molar-refractivity contribution in [1.82, 2.24) is 15.3 Å². The van der Waals surface area contributed by atoms with Crippen LogP contribution in [0.15, 0.2) is 34.9 Å². The van der Waals surface area contributed by atoms with E-state index in [4.69, 9.17) is 4.74 Å². The van der Waals surface area contributed by atoms with E-state index in [2.05, 4.69) is 41.8 Å². The van der Waals surface area contributed by atoms with Gasteiger partial charge in [-0.2, -0.15) is 4.98 Å². The quantitative estimate of drug-likeness (QED) is 0.507. The molecule has 7 nitrogen and oxygen atoms in total. The van der Waals surface area contributed by atoms with Gasteiger partial charge in [0.2, 0.25) is 11.9 Å². The highest BCUT2D eigenvalue weighted by Gasteiger charge is 2.06. The molecular weight excluding hydrogens is 405 g/mol. The smallest absolute Gasteiger partial charge is 0.229 e. The molecule has 3 N–H and O–H groups in total. The van der Waals surface area contributed by atoms with Gasteiger partial charge in [-0.05, 0) is 40.5 Å². The second-order valence-electron chi connectivity index (χ2n) is 5.40. The normalized spacial score (nSPS) is 10.4. The Hall–Kier alpha value is -2.26. The minimum atomic E-state index is -0.335. The number of halogens is 2. The fraction of sp³-hybridized carbons (Fsp3) is 0.353. The third-order valence-corrected chi connectivity index (χ3v) is 3.91. The summed E-state index contributed by atoms with van der Waals surface area (Å²) in [4.78, 5) is 20.0. The van der Waals surface area contributed by atoms with Crippen LogP contribution in [0.5, 0.6) is 0 Å². The van der Waals surface area contributed by atoms with Gasteiger partial charge in [0, 0.05) is 38.5 Å². The SMILES string of the molecule is COCCC(=O)NCCCNc1nc(Nc2cccc(F)c2)ncc1Br. The number of aromatic nitrogens is 2. The van der Waals surface area contributed by atoms with Crippen molar-refractivity contribution in [3.05, 3.63) is 40.8 Å². The molecule has 0 fully saturated rings. The number of benzene rings is 1. The molecule has 2 aromatic rings. The molecule has 0 saturated carbocycles. The fourth-order valence-corrected chi connectivity index (χ4v) is 2.38. The molecule has 0 unspecified atom stereocenters. The molecule has 0 aliphatic rings. The number of anilines is 3. The molecule has 1 aromatic heterocycles. The Morgan fingerprint density at radius 1 is 1.35 bits per heavy atom. The van der Waals surface area contributed by atoms with Gasteiger partial charge < -0.3 is 20.7 Å². The summed E-state index contributed by atoms with van der Waals surface area (Å²) < 4.78 is 18.8. The second kappa shape index (κ2) is 10.7. The Balaban J connectivity index is 1.81. The number of amides is 1. The van der Waals surface area contributed by atoms with Gasteiger partial charge in [-0.25, -0.2) is 9.37 Å². The van der Waals surface area contributed by atoms with Crippen molar-refractivity contribution in [2.45, 2.75) is 12.8 Å². The lowest BCUT2D eigenvalue weighted by molar-refractivity contribution is -0.121. The predicted molar refractivity (Wildman–Crippen MR) is 102 cm³/mol. The number of carbonyl (C=O) groups excluding carboxylic acids is 1. The highest BCUT2D eigenvalue weighted by atomic mass is 79.9. The number of hydrogen-bond donors (Lipinski definition) is 3. The van der Waals surface area contributed by atoms with Gasteiger partial charge in [0.25, 0.3) is 0 Å². The van der Waals surface area contributed by atoms with Gasteiger partial charge in [0.15, 0.2) is 0 Å². The molecule has 0 aliphatic carbocycles. The number of carbonyl (C=O) groups is 1. The minimum absolute atomic E-state index is 0.0309. The van der Waals surface area contributed by atoms with Crippen molar-refractivity contribution in [3.63, 3.8) is 0 Å². The van der Waals surface area contributed by atoms with Crippen molar-refractivity contribution in [1.29, 1.82) is 0 Å². The zero-order chi connectivity index (χ0) is 18.8. The third kappa shape index (κ3) is 6.93. The molecule has 2 rings (SSSR count). The Morgan fingerprint density at radius 2 is 2.19 bits per heavy atom. The highest BCUT2D eigenvalue weighted by Crippen LogP contribution is 2.22. The molecule has 0 atom stereocenters. The Morgan fingerprint density at radius 3 is 2.96 bits per heavy atom. The van der Waals surface area contributed by atoms with Crippen LogP contribution in [0.2, 0.25) is 0 Å². The number of nitrogens with one attached hydrogen (secondary N) is 3. The maximum absolute atomic E-state index is 13.2. The fourth-order valence-electron chi connectivity index (χ4n) is 2.05. The summed E-state index contributed by atoms with van der Waals surface area (Å²) in [5.41, 5.74) is 0.567. The van der Waals surface area contributed by atoms with E-state index >= 15 is 0 Å².